The summed E-state index contributed by atoms with van der Waals surface area (Å²) in [5, 5.41) is -0.589. The zero-order valence-corrected chi connectivity index (χ0v) is 14.2. The summed E-state index contributed by atoms with van der Waals surface area (Å²) in [5.74, 6) is -3.01. The molecule has 0 radical (unpaired) electrons. The van der Waals surface area contributed by atoms with E-state index in [0.29, 0.717) is 0 Å². The zero-order chi connectivity index (χ0) is 18.1. The molecule has 0 N–H and O–H groups in total. The monoisotopic (exact) mass is 389 g/mol. The lowest BCUT2D eigenvalue weighted by molar-refractivity contribution is -0.243. The van der Waals surface area contributed by atoms with Crippen LogP contribution in [-0.4, -0.2) is 39.7 Å². The van der Waals surface area contributed by atoms with Crippen molar-refractivity contribution in [2.75, 3.05) is 11.4 Å². The van der Waals surface area contributed by atoms with Gasteiger partial charge in [-0.05, 0) is 36.9 Å². The lowest BCUT2D eigenvalue weighted by Gasteiger charge is -2.71. The van der Waals surface area contributed by atoms with Gasteiger partial charge in [-0.1, -0.05) is 16.1 Å². The molecule has 2 bridgehead atoms. The molecule has 1 aromatic rings. The minimum Gasteiger partial charge on any atom is -0.283 e. The van der Waals surface area contributed by atoms with Gasteiger partial charge in [-0.2, -0.15) is 5.12 Å². The average Bonchev–Trinajstić information content (AvgIpc) is 2.44. The Morgan fingerprint density at radius 1 is 1.32 bits per heavy atom. The highest BCUT2D eigenvalue weighted by molar-refractivity contribution is 6.65. The molecule has 1 saturated heterocycles. The van der Waals surface area contributed by atoms with Gasteiger partial charge in [-0.15, -0.1) is 0 Å². The maximum Gasteiger partial charge on any atom is 0.271 e. The molecule has 0 spiro atoms. The molecular weight excluding hydrogens is 379 g/mol. The van der Waals surface area contributed by atoms with E-state index in [2.05, 4.69) is 4.98 Å². The second-order valence-corrected chi connectivity index (χ2v) is 7.72. The topological polar surface area (TPSA) is 70.6 Å². The summed E-state index contributed by atoms with van der Waals surface area (Å²) in [7, 11) is 0. The van der Waals surface area contributed by atoms with Crippen molar-refractivity contribution in [1.29, 1.82) is 0 Å². The van der Waals surface area contributed by atoms with Crippen LogP contribution in [0.4, 0.5) is 14.7 Å². The summed E-state index contributed by atoms with van der Waals surface area (Å²) < 4.78 is 28.5. The van der Waals surface area contributed by atoms with E-state index in [-0.39, 0.29) is 35.2 Å². The van der Waals surface area contributed by atoms with Crippen LogP contribution in [0.2, 0.25) is 5.02 Å². The Balaban J connectivity index is 1.66. The highest BCUT2D eigenvalue weighted by atomic mass is 35.5. The van der Waals surface area contributed by atoms with Gasteiger partial charge >= 0.3 is 0 Å². The molecule has 1 atom stereocenters. The first-order valence-electron chi connectivity index (χ1n) is 7.49. The Morgan fingerprint density at radius 2 is 1.96 bits per heavy atom. The molecule has 1 unspecified atom stereocenters. The summed E-state index contributed by atoms with van der Waals surface area (Å²) in [6.07, 6.45) is 1.83. The van der Waals surface area contributed by atoms with Crippen molar-refractivity contribution in [3.05, 3.63) is 23.1 Å². The minimum atomic E-state index is -1.41. The van der Waals surface area contributed by atoms with Gasteiger partial charge in [-0.25, -0.2) is 9.37 Å². The number of piperazine rings is 1. The first-order valence-corrected chi connectivity index (χ1v) is 8.25. The first-order chi connectivity index (χ1) is 11.7. The Kier molecular flexibility index (Phi) is 3.40. The molecule has 10 heteroatoms. The van der Waals surface area contributed by atoms with Crippen molar-refractivity contribution in [2.45, 2.75) is 25.3 Å². The van der Waals surface area contributed by atoms with Gasteiger partial charge in [-0.3, -0.25) is 19.3 Å². The summed E-state index contributed by atoms with van der Waals surface area (Å²) in [6.45, 7) is -0.660. The first kappa shape index (κ1) is 16.7. The third-order valence-corrected chi connectivity index (χ3v) is 5.98. The van der Waals surface area contributed by atoms with Crippen LogP contribution in [0.1, 0.15) is 19.3 Å². The highest BCUT2D eigenvalue weighted by Gasteiger charge is 2.76. The smallest absolute Gasteiger partial charge is 0.271 e. The van der Waals surface area contributed by atoms with E-state index in [1.54, 1.807) is 0 Å². The zero-order valence-electron chi connectivity index (χ0n) is 12.6. The minimum absolute atomic E-state index is 0.0303. The molecular formula is C15H11Cl2F2N3O3. The van der Waals surface area contributed by atoms with E-state index in [9.17, 15) is 23.3 Å². The maximum absolute atomic E-state index is 14.4. The number of carbonyl (C=O) groups is 3. The number of rotatable bonds is 3. The number of pyridine rings is 1. The molecule has 2 amide bonds. The summed E-state index contributed by atoms with van der Waals surface area (Å²) in [4.78, 5) is 40.8. The van der Waals surface area contributed by atoms with Gasteiger partial charge in [0.25, 0.3) is 11.8 Å². The van der Waals surface area contributed by atoms with Crippen LogP contribution in [0, 0.1) is 16.6 Å². The van der Waals surface area contributed by atoms with Crippen LogP contribution in [0.3, 0.4) is 0 Å². The predicted molar refractivity (Wildman–Crippen MR) is 82.9 cm³/mol. The van der Waals surface area contributed by atoms with E-state index in [0.717, 1.165) is 17.2 Å². The van der Waals surface area contributed by atoms with Crippen molar-refractivity contribution >= 4 is 46.1 Å². The van der Waals surface area contributed by atoms with Crippen molar-refractivity contribution in [1.82, 2.24) is 10.1 Å². The van der Waals surface area contributed by atoms with E-state index in [4.69, 9.17) is 23.2 Å². The number of amides is 2. The number of nitrogens with zero attached hydrogens (tertiary/aromatic N) is 3. The van der Waals surface area contributed by atoms with Gasteiger partial charge in [0.1, 0.15) is 12.6 Å². The van der Waals surface area contributed by atoms with Crippen molar-refractivity contribution < 1.29 is 23.3 Å². The van der Waals surface area contributed by atoms with E-state index < -0.39 is 46.3 Å². The average molecular weight is 390 g/mol. The highest BCUT2D eigenvalue weighted by Crippen LogP contribution is 2.76. The lowest BCUT2D eigenvalue weighted by Crippen LogP contribution is -2.76. The Hall–Kier alpha value is -1.80. The van der Waals surface area contributed by atoms with Gasteiger partial charge in [0.05, 0.1) is 5.02 Å². The molecule has 4 aliphatic rings. The Labute approximate surface area is 150 Å². The lowest BCUT2D eigenvalue weighted by atomic mass is 9.33. The molecule has 3 saturated carbocycles. The van der Waals surface area contributed by atoms with Gasteiger partial charge in [0, 0.05) is 17.0 Å². The molecule has 25 heavy (non-hydrogen) atoms. The van der Waals surface area contributed by atoms with E-state index in [1.807, 2.05) is 0 Å². The number of anilines is 1. The normalized spacial score (nSPS) is 33.8. The molecule has 1 aromatic heterocycles. The fourth-order valence-electron chi connectivity index (χ4n) is 4.32. The molecule has 2 heterocycles. The van der Waals surface area contributed by atoms with Gasteiger partial charge < -0.3 is 0 Å². The van der Waals surface area contributed by atoms with Gasteiger partial charge in [0.15, 0.2) is 11.6 Å². The fourth-order valence-corrected chi connectivity index (χ4v) is 4.67. The molecule has 4 fully saturated rings. The number of hydrogen-bond acceptors (Lipinski definition) is 4. The molecule has 3 aliphatic carbocycles. The van der Waals surface area contributed by atoms with Crippen molar-refractivity contribution in [3.8, 4) is 0 Å². The third-order valence-electron chi connectivity index (χ3n) is 5.37. The number of aromatic nitrogens is 1. The van der Waals surface area contributed by atoms with Crippen LogP contribution in [0.5, 0.6) is 0 Å². The third kappa shape index (κ3) is 2.13. The SMILES string of the molecule is O=C1C(C23CC(C(=O)Cl)(C2)C3)N(F)C(=O)CN1c1ncc(Cl)cc1F. The van der Waals surface area contributed by atoms with Crippen molar-refractivity contribution in [2.24, 2.45) is 10.8 Å². The predicted octanol–water partition coefficient (Wildman–Crippen LogP) is 2.24. The summed E-state index contributed by atoms with van der Waals surface area (Å²) in [6, 6.07) is -0.454. The standard InChI is InChI=1S/C15H11Cl2F2N3O3/c16-7-1-8(18)11(20-2-7)21-3-9(23)22(19)10(12(21)24)14-4-15(5-14,6-14)13(17)25/h1-2,10H,3-6H2. The van der Waals surface area contributed by atoms with Crippen LogP contribution >= 0.6 is 23.2 Å². The maximum atomic E-state index is 14.4. The molecule has 6 nitrogen and oxygen atoms in total. The molecule has 132 valence electrons. The Bertz CT molecular complexity index is 814. The Morgan fingerprint density at radius 3 is 2.52 bits per heavy atom. The quantitative estimate of drug-likeness (QED) is 0.587. The molecule has 5 rings (SSSR count). The molecule has 0 aromatic carbocycles. The van der Waals surface area contributed by atoms with Crippen LogP contribution in [0.15, 0.2) is 12.3 Å². The number of carbonyl (C=O) groups excluding carboxylic acids is 3. The molecule has 1 aliphatic heterocycles. The van der Waals surface area contributed by atoms with Crippen LogP contribution in [-0.2, 0) is 14.4 Å². The van der Waals surface area contributed by atoms with Crippen molar-refractivity contribution in [3.63, 3.8) is 0 Å². The van der Waals surface area contributed by atoms with Crippen LogP contribution in [0.25, 0.3) is 0 Å². The summed E-state index contributed by atoms with van der Waals surface area (Å²) in [5.41, 5.74) is -1.56. The summed E-state index contributed by atoms with van der Waals surface area (Å²) >= 11 is 11.2. The second-order valence-electron chi connectivity index (χ2n) is 6.94. The number of halogens is 4. The largest absolute Gasteiger partial charge is 0.283 e. The second kappa shape index (κ2) is 5.11. The fraction of sp³-hybridized carbons (Fsp3) is 0.467. The van der Waals surface area contributed by atoms with E-state index >= 15 is 0 Å². The van der Waals surface area contributed by atoms with Gasteiger partial charge in [0.2, 0.25) is 5.24 Å². The van der Waals surface area contributed by atoms with Crippen LogP contribution < -0.4 is 4.90 Å². The number of hydrogen-bond donors (Lipinski definition) is 0. The van der Waals surface area contributed by atoms with E-state index in [1.165, 1.54) is 0 Å².